The van der Waals surface area contributed by atoms with Gasteiger partial charge in [0.25, 0.3) is 0 Å². The van der Waals surface area contributed by atoms with Gasteiger partial charge < -0.3 is 10.2 Å². The molecule has 0 saturated heterocycles. The standard InChI is InChI=1S/C10H8N2O4/c13-7-8(14)11-10(16)12(9(7)15)6-4-2-1-3-5-6/h1-5,13-14H,(H,11,16). The molecule has 1 aromatic heterocycles. The van der Waals surface area contributed by atoms with Crippen LogP contribution in [0.3, 0.4) is 0 Å². The van der Waals surface area contributed by atoms with Gasteiger partial charge in [0, 0.05) is 0 Å². The van der Waals surface area contributed by atoms with E-state index in [0.717, 1.165) is 4.57 Å². The number of nitrogens with zero attached hydrogens (tertiary/aromatic N) is 1. The fourth-order valence-electron chi connectivity index (χ4n) is 1.33. The van der Waals surface area contributed by atoms with Gasteiger partial charge in [0.05, 0.1) is 5.69 Å². The number of aromatic nitrogens is 2. The molecular weight excluding hydrogens is 212 g/mol. The third-order valence-corrected chi connectivity index (χ3v) is 2.07. The third-order valence-electron chi connectivity index (χ3n) is 2.07. The topological polar surface area (TPSA) is 95.3 Å². The van der Waals surface area contributed by atoms with E-state index in [-0.39, 0.29) is 0 Å². The molecule has 6 nitrogen and oxygen atoms in total. The third kappa shape index (κ3) is 1.46. The molecule has 0 radical (unpaired) electrons. The quantitative estimate of drug-likeness (QED) is 0.627. The van der Waals surface area contributed by atoms with E-state index in [1.807, 2.05) is 4.98 Å². The summed E-state index contributed by atoms with van der Waals surface area (Å²) in [5, 5.41) is 18.3. The molecule has 0 amide bonds. The largest absolute Gasteiger partial charge is 0.499 e. The maximum Gasteiger partial charge on any atom is 0.335 e. The molecule has 0 saturated carbocycles. The molecule has 1 aromatic carbocycles. The Kier molecular flexibility index (Phi) is 2.24. The Bertz CT molecular complexity index is 628. The van der Waals surface area contributed by atoms with Crippen molar-refractivity contribution in [2.75, 3.05) is 0 Å². The molecule has 6 heteroatoms. The Labute approximate surface area is 89.0 Å². The Balaban J connectivity index is 2.82. The lowest BCUT2D eigenvalue weighted by Crippen LogP contribution is -2.32. The zero-order chi connectivity index (χ0) is 11.7. The molecule has 0 bridgehead atoms. The van der Waals surface area contributed by atoms with Gasteiger partial charge in [0.15, 0.2) is 0 Å². The van der Waals surface area contributed by atoms with Crippen LogP contribution in [0.2, 0.25) is 0 Å². The first-order valence-corrected chi connectivity index (χ1v) is 4.44. The number of aromatic hydroxyl groups is 2. The summed E-state index contributed by atoms with van der Waals surface area (Å²) in [4.78, 5) is 25.0. The Morgan fingerprint density at radius 2 is 1.69 bits per heavy atom. The summed E-state index contributed by atoms with van der Waals surface area (Å²) in [6.07, 6.45) is 0. The molecule has 1 heterocycles. The number of benzene rings is 1. The molecular formula is C10H8N2O4. The highest BCUT2D eigenvalue weighted by molar-refractivity contribution is 5.35. The van der Waals surface area contributed by atoms with Crippen LogP contribution in [0.1, 0.15) is 0 Å². The predicted octanol–water partition coefficient (Wildman–Crippen LogP) is -0.0630. The van der Waals surface area contributed by atoms with Crippen molar-refractivity contribution in [3.63, 3.8) is 0 Å². The Morgan fingerprint density at radius 3 is 2.31 bits per heavy atom. The van der Waals surface area contributed by atoms with Crippen molar-refractivity contribution >= 4 is 0 Å². The minimum atomic E-state index is -0.965. The second kappa shape index (κ2) is 3.58. The molecule has 16 heavy (non-hydrogen) atoms. The zero-order valence-corrected chi connectivity index (χ0v) is 8.04. The number of H-pyrrole nitrogens is 1. The van der Waals surface area contributed by atoms with E-state index in [4.69, 9.17) is 5.11 Å². The molecule has 3 N–H and O–H groups in total. The maximum atomic E-state index is 11.5. The molecule has 0 aliphatic heterocycles. The lowest BCUT2D eigenvalue weighted by atomic mass is 10.3. The van der Waals surface area contributed by atoms with Gasteiger partial charge in [-0.3, -0.25) is 9.78 Å². The number of aromatic amines is 1. The predicted molar refractivity (Wildman–Crippen MR) is 56.0 cm³/mol. The summed E-state index contributed by atoms with van der Waals surface area (Å²) in [5.74, 6) is -1.72. The van der Waals surface area contributed by atoms with Crippen LogP contribution in [-0.4, -0.2) is 19.8 Å². The number of hydrogen-bond donors (Lipinski definition) is 3. The molecule has 0 aliphatic rings. The van der Waals surface area contributed by atoms with Crippen LogP contribution in [0.25, 0.3) is 5.69 Å². The summed E-state index contributed by atoms with van der Waals surface area (Å²) in [5.41, 5.74) is -1.47. The van der Waals surface area contributed by atoms with Gasteiger partial charge in [-0.1, -0.05) is 18.2 Å². The second-order valence-electron chi connectivity index (χ2n) is 3.10. The molecule has 0 spiro atoms. The molecule has 0 aliphatic carbocycles. The normalized spacial score (nSPS) is 10.2. The van der Waals surface area contributed by atoms with Crippen molar-refractivity contribution in [1.82, 2.24) is 9.55 Å². The van der Waals surface area contributed by atoms with E-state index in [1.165, 1.54) is 12.1 Å². The highest BCUT2D eigenvalue weighted by Gasteiger charge is 2.12. The van der Waals surface area contributed by atoms with E-state index in [1.54, 1.807) is 18.2 Å². The van der Waals surface area contributed by atoms with Crippen LogP contribution in [0, 0.1) is 0 Å². The summed E-state index contributed by atoms with van der Waals surface area (Å²) in [7, 11) is 0. The van der Waals surface area contributed by atoms with Gasteiger partial charge in [0.1, 0.15) is 0 Å². The first-order valence-electron chi connectivity index (χ1n) is 4.44. The molecule has 82 valence electrons. The summed E-state index contributed by atoms with van der Waals surface area (Å²) >= 11 is 0. The lowest BCUT2D eigenvalue weighted by molar-refractivity contribution is 0.376. The van der Waals surface area contributed by atoms with Gasteiger partial charge in [-0.15, -0.1) is 0 Å². The van der Waals surface area contributed by atoms with Gasteiger partial charge >= 0.3 is 11.2 Å². The van der Waals surface area contributed by atoms with Crippen LogP contribution in [-0.2, 0) is 0 Å². The fraction of sp³-hybridized carbons (Fsp3) is 0. The van der Waals surface area contributed by atoms with E-state index < -0.39 is 22.9 Å². The van der Waals surface area contributed by atoms with Gasteiger partial charge in [-0.2, -0.15) is 0 Å². The monoisotopic (exact) mass is 220 g/mol. The minimum absolute atomic E-state index is 0.309. The minimum Gasteiger partial charge on any atom is -0.499 e. The van der Waals surface area contributed by atoms with Crippen molar-refractivity contribution in [1.29, 1.82) is 0 Å². The second-order valence-corrected chi connectivity index (χ2v) is 3.10. The van der Waals surface area contributed by atoms with Crippen LogP contribution >= 0.6 is 0 Å². The molecule has 2 aromatic rings. The number of hydrogen-bond acceptors (Lipinski definition) is 4. The first kappa shape index (κ1) is 10.0. The summed E-state index contributed by atoms with van der Waals surface area (Å²) in [6.45, 7) is 0. The maximum absolute atomic E-state index is 11.5. The van der Waals surface area contributed by atoms with Crippen LogP contribution in [0.15, 0.2) is 39.9 Å². The van der Waals surface area contributed by atoms with Crippen molar-refractivity contribution in [2.24, 2.45) is 0 Å². The molecule has 0 unspecified atom stereocenters. The number of rotatable bonds is 1. The Morgan fingerprint density at radius 1 is 1.06 bits per heavy atom. The van der Waals surface area contributed by atoms with E-state index in [0.29, 0.717) is 5.69 Å². The van der Waals surface area contributed by atoms with Gasteiger partial charge in [-0.05, 0) is 12.1 Å². The van der Waals surface area contributed by atoms with Gasteiger partial charge in [0.2, 0.25) is 11.6 Å². The SMILES string of the molecule is O=c1[nH]c(O)c(O)c(=O)n1-c1ccccc1. The average molecular weight is 220 g/mol. The number of nitrogens with one attached hydrogen (secondary N) is 1. The van der Waals surface area contributed by atoms with E-state index in [2.05, 4.69) is 0 Å². The molecule has 0 atom stereocenters. The Hall–Kier alpha value is -2.50. The van der Waals surface area contributed by atoms with Gasteiger partial charge in [-0.25, -0.2) is 9.36 Å². The van der Waals surface area contributed by atoms with Crippen molar-refractivity contribution < 1.29 is 10.2 Å². The van der Waals surface area contributed by atoms with Crippen LogP contribution in [0.4, 0.5) is 0 Å². The lowest BCUT2D eigenvalue weighted by Gasteiger charge is -2.04. The number of para-hydroxylation sites is 1. The highest BCUT2D eigenvalue weighted by Crippen LogP contribution is 2.13. The zero-order valence-electron chi connectivity index (χ0n) is 8.04. The fourth-order valence-corrected chi connectivity index (χ4v) is 1.33. The first-order chi connectivity index (χ1) is 7.61. The average Bonchev–Trinajstić information content (AvgIpc) is 2.28. The van der Waals surface area contributed by atoms with Crippen molar-refractivity contribution in [3.8, 4) is 17.3 Å². The summed E-state index contributed by atoms with van der Waals surface area (Å²) in [6, 6.07) is 8.08. The van der Waals surface area contributed by atoms with Crippen LogP contribution < -0.4 is 11.2 Å². The summed E-state index contributed by atoms with van der Waals surface area (Å²) < 4.78 is 0.731. The van der Waals surface area contributed by atoms with E-state index in [9.17, 15) is 14.7 Å². The molecule has 0 fully saturated rings. The van der Waals surface area contributed by atoms with E-state index >= 15 is 0 Å². The van der Waals surface area contributed by atoms with Crippen molar-refractivity contribution in [3.05, 3.63) is 51.2 Å². The molecule has 2 rings (SSSR count). The smallest absolute Gasteiger partial charge is 0.335 e. The van der Waals surface area contributed by atoms with Crippen LogP contribution in [0.5, 0.6) is 11.6 Å². The highest BCUT2D eigenvalue weighted by atomic mass is 16.3. The van der Waals surface area contributed by atoms with Crippen molar-refractivity contribution in [2.45, 2.75) is 0 Å².